The van der Waals surface area contributed by atoms with Gasteiger partial charge in [0.25, 0.3) is 5.91 Å². The molecule has 88 valence electrons. The van der Waals surface area contributed by atoms with Gasteiger partial charge in [-0.05, 0) is 16.8 Å². The first-order chi connectivity index (χ1) is 8.84. The van der Waals surface area contributed by atoms with Gasteiger partial charge in [0.05, 0.1) is 0 Å². The molecule has 3 rings (SSSR count). The van der Waals surface area contributed by atoms with Crippen LogP contribution < -0.4 is 5.32 Å². The first-order valence-corrected chi connectivity index (χ1v) is 6.28. The van der Waals surface area contributed by atoms with Crippen molar-refractivity contribution in [2.45, 2.75) is 0 Å². The van der Waals surface area contributed by atoms with E-state index in [9.17, 15) is 4.79 Å². The lowest BCUT2D eigenvalue weighted by Gasteiger charge is -2.05. The van der Waals surface area contributed by atoms with Crippen LogP contribution in [0.5, 0.6) is 0 Å². The fourth-order valence-corrected chi connectivity index (χ4v) is 2.26. The largest absolute Gasteiger partial charge is 0.296 e. The van der Waals surface area contributed by atoms with Gasteiger partial charge in [0.15, 0.2) is 0 Å². The van der Waals surface area contributed by atoms with E-state index in [1.165, 1.54) is 11.3 Å². The Labute approximate surface area is 107 Å². The fraction of sp³-hybridized carbons (Fsp3) is 0. The summed E-state index contributed by atoms with van der Waals surface area (Å²) in [4.78, 5) is 12.2. The molecule has 0 spiro atoms. The summed E-state index contributed by atoms with van der Waals surface area (Å²) < 4.78 is 0. The Morgan fingerprint density at radius 2 is 1.94 bits per heavy atom. The second-order valence-corrected chi connectivity index (χ2v) is 4.56. The first-order valence-electron chi connectivity index (χ1n) is 5.40. The van der Waals surface area contributed by atoms with E-state index in [0.29, 0.717) is 10.7 Å². The molecule has 1 aromatic heterocycles. The van der Waals surface area contributed by atoms with E-state index in [1.807, 2.05) is 36.4 Å². The monoisotopic (exact) mass is 255 g/mol. The number of benzene rings is 2. The molecule has 2 aromatic carbocycles. The maximum atomic E-state index is 12.2. The van der Waals surface area contributed by atoms with Crippen molar-refractivity contribution >= 4 is 33.1 Å². The van der Waals surface area contributed by atoms with Gasteiger partial charge in [-0.3, -0.25) is 10.1 Å². The quantitative estimate of drug-likeness (QED) is 0.766. The lowest BCUT2D eigenvalue weighted by Crippen LogP contribution is -2.12. The Kier molecular flexibility index (Phi) is 2.74. The van der Waals surface area contributed by atoms with Crippen molar-refractivity contribution in [2.75, 3.05) is 5.32 Å². The Morgan fingerprint density at radius 3 is 2.78 bits per heavy atom. The van der Waals surface area contributed by atoms with Gasteiger partial charge >= 0.3 is 0 Å². The van der Waals surface area contributed by atoms with Crippen LogP contribution in [0.4, 0.5) is 5.13 Å². The summed E-state index contributed by atoms with van der Waals surface area (Å²) >= 11 is 1.30. The van der Waals surface area contributed by atoms with E-state index in [1.54, 1.807) is 11.6 Å². The topological polar surface area (TPSA) is 54.9 Å². The molecule has 4 nitrogen and oxygen atoms in total. The van der Waals surface area contributed by atoms with Crippen molar-refractivity contribution in [1.82, 2.24) is 10.2 Å². The van der Waals surface area contributed by atoms with E-state index >= 15 is 0 Å². The summed E-state index contributed by atoms with van der Waals surface area (Å²) in [5, 5.41) is 12.7. The summed E-state index contributed by atoms with van der Waals surface area (Å²) in [5.74, 6) is -0.163. The van der Waals surface area contributed by atoms with Gasteiger partial charge in [-0.25, -0.2) is 0 Å². The third-order valence-corrected chi connectivity index (χ3v) is 3.22. The average Bonchev–Trinajstić information content (AvgIpc) is 2.91. The average molecular weight is 255 g/mol. The summed E-state index contributed by atoms with van der Waals surface area (Å²) in [5.41, 5.74) is 2.22. The zero-order chi connectivity index (χ0) is 12.4. The van der Waals surface area contributed by atoms with E-state index in [2.05, 4.69) is 15.5 Å². The number of fused-ring (bicyclic) bond motifs is 1. The smallest absolute Gasteiger partial charge is 0.258 e. The molecule has 0 atom stereocenters. The molecular formula is C13H9N3OS. The lowest BCUT2D eigenvalue weighted by atomic mass is 10.0. The van der Waals surface area contributed by atoms with E-state index in [4.69, 9.17) is 0 Å². The summed E-state index contributed by atoms with van der Waals surface area (Å²) in [6.45, 7) is 0. The number of anilines is 1. The van der Waals surface area contributed by atoms with Gasteiger partial charge in [-0.2, -0.15) is 0 Å². The van der Waals surface area contributed by atoms with Crippen molar-refractivity contribution in [2.24, 2.45) is 0 Å². The molecule has 0 saturated heterocycles. The minimum absolute atomic E-state index is 0.163. The second-order valence-electron chi connectivity index (χ2n) is 3.72. The molecule has 1 N–H and O–H groups in total. The first kappa shape index (κ1) is 10.9. The number of aromatic nitrogens is 2. The van der Waals surface area contributed by atoms with Crippen LogP contribution in [0.25, 0.3) is 10.8 Å². The molecule has 1 heterocycles. The highest BCUT2D eigenvalue weighted by Gasteiger charge is 2.10. The fourth-order valence-electron chi connectivity index (χ4n) is 1.82. The van der Waals surface area contributed by atoms with Crippen LogP contribution in [0.15, 0.2) is 48.0 Å². The van der Waals surface area contributed by atoms with E-state index in [-0.39, 0.29) is 5.91 Å². The van der Waals surface area contributed by atoms with E-state index in [0.717, 1.165) is 10.8 Å². The van der Waals surface area contributed by atoms with Gasteiger partial charge in [-0.15, -0.1) is 10.2 Å². The highest BCUT2D eigenvalue weighted by Crippen LogP contribution is 2.20. The molecule has 3 aromatic rings. The van der Waals surface area contributed by atoms with Crippen molar-refractivity contribution in [3.63, 3.8) is 0 Å². The van der Waals surface area contributed by atoms with Crippen LogP contribution in [0.2, 0.25) is 0 Å². The van der Waals surface area contributed by atoms with Crippen LogP contribution in [-0.2, 0) is 0 Å². The number of hydrogen-bond acceptors (Lipinski definition) is 4. The molecule has 5 heteroatoms. The van der Waals surface area contributed by atoms with Gasteiger partial charge in [0, 0.05) is 5.56 Å². The molecular weight excluding hydrogens is 246 g/mol. The van der Waals surface area contributed by atoms with Crippen molar-refractivity contribution in [3.05, 3.63) is 53.5 Å². The molecule has 0 bridgehead atoms. The molecule has 0 aliphatic heterocycles. The number of hydrogen-bond donors (Lipinski definition) is 1. The number of carbonyl (C=O) groups is 1. The maximum Gasteiger partial charge on any atom is 0.258 e. The zero-order valence-electron chi connectivity index (χ0n) is 9.33. The third-order valence-electron chi connectivity index (χ3n) is 2.61. The summed E-state index contributed by atoms with van der Waals surface area (Å²) in [6, 6.07) is 13.5. The zero-order valence-corrected chi connectivity index (χ0v) is 10.1. The predicted octanol–water partition coefficient (Wildman–Crippen LogP) is 2.94. The number of rotatable bonds is 2. The Bertz CT molecular complexity index is 689. The highest BCUT2D eigenvalue weighted by molar-refractivity contribution is 7.13. The molecule has 0 fully saturated rings. The van der Waals surface area contributed by atoms with Crippen LogP contribution in [0.1, 0.15) is 10.4 Å². The van der Waals surface area contributed by atoms with Crippen LogP contribution in [0, 0.1) is 0 Å². The normalized spacial score (nSPS) is 10.4. The predicted molar refractivity (Wildman–Crippen MR) is 71.8 cm³/mol. The molecule has 0 aliphatic rings. The lowest BCUT2D eigenvalue weighted by molar-refractivity contribution is 0.102. The molecule has 0 saturated carbocycles. The van der Waals surface area contributed by atoms with Crippen LogP contribution in [-0.4, -0.2) is 16.1 Å². The SMILES string of the molecule is O=C(Nc1nncs1)c1cccc2ccccc12. The van der Waals surface area contributed by atoms with Gasteiger partial charge in [0.2, 0.25) is 5.13 Å². The highest BCUT2D eigenvalue weighted by atomic mass is 32.1. The summed E-state index contributed by atoms with van der Waals surface area (Å²) in [6.07, 6.45) is 0. The van der Waals surface area contributed by atoms with Crippen molar-refractivity contribution in [3.8, 4) is 0 Å². The Hall–Kier alpha value is -2.27. The standard InChI is InChI=1S/C13H9N3OS/c17-12(15-13-16-14-8-18-13)11-7-3-5-9-4-1-2-6-10(9)11/h1-8H,(H,15,16,17). The number of nitrogens with zero attached hydrogens (tertiary/aromatic N) is 2. The molecule has 0 aliphatic carbocycles. The Balaban J connectivity index is 2.01. The van der Waals surface area contributed by atoms with Gasteiger partial charge in [-0.1, -0.05) is 47.7 Å². The van der Waals surface area contributed by atoms with Crippen molar-refractivity contribution < 1.29 is 4.79 Å². The minimum Gasteiger partial charge on any atom is -0.296 e. The Morgan fingerprint density at radius 1 is 1.11 bits per heavy atom. The molecule has 18 heavy (non-hydrogen) atoms. The minimum atomic E-state index is -0.163. The van der Waals surface area contributed by atoms with Crippen molar-refractivity contribution in [1.29, 1.82) is 0 Å². The molecule has 1 amide bonds. The second kappa shape index (κ2) is 4.54. The number of amides is 1. The molecule has 0 radical (unpaired) electrons. The van der Waals surface area contributed by atoms with Gasteiger partial charge < -0.3 is 0 Å². The summed E-state index contributed by atoms with van der Waals surface area (Å²) in [7, 11) is 0. The van der Waals surface area contributed by atoms with E-state index < -0.39 is 0 Å². The van der Waals surface area contributed by atoms with Crippen LogP contribution in [0.3, 0.4) is 0 Å². The third kappa shape index (κ3) is 1.96. The van der Waals surface area contributed by atoms with Gasteiger partial charge in [0.1, 0.15) is 5.51 Å². The molecule has 0 unspecified atom stereocenters. The maximum absolute atomic E-state index is 12.2. The number of carbonyl (C=O) groups excluding carboxylic acids is 1. The number of nitrogens with one attached hydrogen (secondary N) is 1. The van der Waals surface area contributed by atoms with Crippen LogP contribution >= 0.6 is 11.3 Å².